The number of aliphatic carboxylic acids is 1. The van der Waals surface area contributed by atoms with Crippen molar-refractivity contribution in [1.82, 2.24) is 4.90 Å². The Morgan fingerprint density at radius 1 is 1.03 bits per heavy atom. The Hall–Kier alpha value is -3.20. The van der Waals surface area contributed by atoms with Crippen LogP contribution in [0.1, 0.15) is 26.3 Å². The van der Waals surface area contributed by atoms with Crippen LogP contribution in [0.2, 0.25) is 0 Å². The average molecular weight is 465 g/mol. The molecule has 1 unspecified atom stereocenters. The Morgan fingerprint density at radius 3 is 2.27 bits per heavy atom. The Balaban J connectivity index is 1.91. The molecule has 0 aliphatic carbocycles. The molecule has 2 aromatic rings. The van der Waals surface area contributed by atoms with E-state index in [1.165, 1.54) is 11.0 Å². The standard InChI is InChI=1S/C24H29F2NO6/c1-4-31-22(23(28)29)13-17-5-7-18(8-6-17)32-12-11-27(15-16(2)3)24(30)33-19-9-10-20(25)21(26)14-19/h5-10,14,16,22H,4,11-13,15H2,1-3H3,(H,28,29). The minimum Gasteiger partial charge on any atom is -0.492 e. The predicted molar refractivity (Wildman–Crippen MR) is 117 cm³/mol. The van der Waals surface area contributed by atoms with E-state index in [4.69, 9.17) is 14.2 Å². The monoisotopic (exact) mass is 465 g/mol. The smallest absolute Gasteiger partial charge is 0.415 e. The first-order chi connectivity index (χ1) is 15.7. The molecular formula is C24H29F2NO6. The molecule has 0 fully saturated rings. The summed E-state index contributed by atoms with van der Waals surface area (Å²) >= 11 is 0. The van der Waals surface area contributed by atoms with E-state index in [1.54, 1.807) is 31.2 Å². The van der Waals surface area contributed by atoms with Gasteiger partial charge in [-0.15, -0.1) is 0 Å². The van der Waals surface area contributed by atoms with Crippen LogP contribution in [-0.4, -0.2) is 54.5 Å². The molecule has 180 valence electrons. The van der Waals surface area contributed by atoms with Crippen molar-refractivity contribution in [3.63, 3.8) is 0 Å². The largest absolute Gasteiger partial charge is 0.492 e. The highest BCUT2D eigenvalue weighted by Crippen LogP contribution is 2.18. The van der Waals surface area contributed by atoms with Crippen LogP contribution in [0.25, 0.3) is 0 Å². The zero-order valence-electron chi connectivity index (χ0n) is 18.9. The highest BCUT2D eigenvalue weighted by Gasteiger charge is 2.19. The fourth-order valence-electron chi connectivity index (χ4n) is 3.03. The molecule has 9 heteroatoms. The summed E-state index contributed by atoms with van der Waals surface area (Å²) in [5, 5.41) is 9.19. The number of hydrogen-bond donors (Lipinski definition) is 1. The van der Waals surface area contributed by atoms with Crippen LogP contribution in [0.3, 0.4) is 0 Å². The summed E-state index contributed by atoms with van der Waals surface area (Å²) in [4.78, 5) is 25.2. The molecule has 33 heavy (non-hydrogen) atoms. The summed E-state index contributed by atoms with van der Waals surface area (Å²) in [5.41, 5.74) is 0.791. The Bertz CT molecular complexity index is 920. The molecular weight excluding hydrogens is 436 g/mol. The van der Waals surface area contributed by atoms with Crippen LogP contribution < -0.4 is 9.47 Å². The van der Waals surface area contributed by atoms with Crippen LogP contribution in [0.15, 0.2) is 42.5 Å². The van der Waals surface area contributed by atoms with Crippen LogP contribution in [-0.2, 0) is 16.0 Å². The highest BCUT2D eigenvalue weighted by atomic mass is 19.2. The van der Waals surface area contributed by atoms with Crippen molar-refractivity contribution in [3.05, 3.63) is 59.7 Å². The van der Waals surface area contributed by atoms with E-state index in [2.05, 4.69) is 0 Å². The third kappa shape index (κ3) is 8.69. The number of carboxylic acids is 1. The number of carbonyl (C=O) groups excluding carboxylic acids is 1. The van der Waals surface area contributed by atoms with Gasteiger partial charge in [-0.2, -0.15) is 0 Å². The number of ether oxygens (including phenoxy) is 3. The lowest BCUT2D eigenvalue weighted by atomic mass is 10.1. The minimum atomic E-state index is -1.10. The second kappa shape index (κ2) is 12.7. The summed E-state index contributed by atoms with van der Waals surface area (Å²) in [6, 6.07) is 9.84. The van der Waals surface area contributed by atoms with Crippen LogP contribution >= 0.6 is 0 Å². The second-order valence-electron chi connectivity index (χ2n) is 7.76. The lowest BCUT2D eigenvalue weighted by Crippen LogP contribution is -2.39. The van der Waals surface area contributed by atoms with E-state index in [0.29, 0.717) is 18.9 Å². The van der Waals surface area contributed by atoms with Gasteiger partial charge in [-0.05, 0) is 42.7 Å². The zero-order chi connectivity index (χ0) is 24.4. The van der Waals surface area contributed by atoms with Gasteiger partial charge in [0.05, 0.1) is 6.54 Å². The van der Waals surface area contributed by atoms with Crippen molar-refractivity contribution in [3.8, 4) is 11.5 Å². The number of carboxylic acid groups (broad SMARTS) is 1. The van der Waals surface area contributed by atoms with Crippen LogP contribution in [0.5, 0.6) is 11.5 Å². The van der Waals surface area contributed by atoms with Crippen molar-refractivity contribution < 1.29 is 37.7 Å². The first-order valence-electron chi connectivity index (χ1n) is 10.7. The summed E-state index contributed by atoms with van der Waals surface area (Å²) in [6.07, 6.45) is -1.36. The minimum absolute atomic E-state index is 0.0871. The van der Waals surface area contributed by atoms with Gasteiger partial charge >= 0.3 is 12.1 Å². The summed E-state index contributed by atoms with van der Waals surface area (Å²) in [7, 11) is 0. The second-order valence-corrected chi connectivity index (χ2v) is 7.76. The molecule has 7 nitrogen and oxygen atoms in total. The summed E-state index contributed by atoms with van der Waals surface area (Å²) in [6.45, 7) is 6.70. The number of nitrogens with zero attached hydrogens (tertiary/aromatic N) is 1. The van der Waals surface area contributed by atoms with Crippen LogP contribution in [0, 0.1) is 17.6 Å². The molecule has 1 amide bonds. The van der Waals surface area contributed by atoms with E-state index in [0.717, 1.165) is 17.7 Å². The van der Waals surface area contributed by atoms with Gasteiger partial charge in [0, 0.05) is 25.6 Å². The topological polar surface area (TPSA) is 85.3 Å². The maximum absolute atomic E-state index is 13.4. The molecule has 0 spiro atoms. The molecule has 2 rings (SSSR count). The SMILES string of the molecule is CCOC(Cc1ccc(OCCN(CC(C)C)C(=O)Oc2ccc(F)c(F)c2)cc1)C(=O)O. The van der Waals surface area contributed by atoms with Gasteiger partial charge in [0.25, 0.3) is 0 Å². The Morgan fingerprint density at radius 2 is 1.70 bits per heavy atom. The fourth-order valence-corrected chi connectivity index (χ4v) is 3.03. The molecule has 2 aromatic carbocycles. The molecule has 0 bridgehead atoms. The quantitative estimate of drug-likeness (QED) is 0.496. The number of halogens is 2. The van der Waals surface area contributed by atoms with Gasteiger partial charge in [0.1, 0.15) is 18.1 Å². The van der Waals surface area contributed by atoms with E-state index < -0.39 is 29.8 Å². The van der Waals surface area contributed by atoms with Crippen molar-refractivity contribution in [2.45, 2.75) is 33.3 Å². The van der Waals surface area contributed by atoms with Gasteiger partial charge < -0.3 is 24.2 Å². The van der Waals surface area contributed by atoms with E-state index in [9.17, 15) is 23.5 Å². The van der Waals surface area contributed by atoms with Crippen molar-refractivity contribution >= 4 is 12.1 Å². The van der Waals surface area contributed by atoms with Crippen molar-refractivity contribution in [2.24, 2.45) is 5.92 Å². The lowest BCUT2D eigenvalue weighted by molar-refractivity contribution is -0.149. The van der Waals surface area contributed by atoms with Gasteiger partial charge in [0.2, 0.25) is 0 Å². The number of carbonyl (C=O) groups is 2. The van der Waals surface area contributed by atoms with Gasteiger partial charge in [-0.25, -0.2) is 18.4 Å². The molecule has 0 saturated carbocycles. The summed E-state index contributed by atoms with van der Waals surface area (Å²) in [5.74, 6) is -2.52. The maximum Gasteiger partial charge on any atom is 0.415 e. The van der Waals surface area contributed by atoms with Crippen LogP contribution in [0.4, 0.5) is 13.6 Å². The fraction of sp³-hybridized carbons (Fsp3) is 0.417. The van der Waals surface area contributed by atoms with Gasteiger partial charge in [-0.1, -0.05) is 26.0 Å². The lowest BCUT2D eigenvalue weighted by Gasteiger charge is -2.24. The number of rotatable bonds is 12. The maximum atomic E-state index is 13.4. The van der Waals surface area contributed by atoms with Crippen molar-refractivity contribution in [1.29, 1.82) is 0 Å². The molecule has 0 saturated heterocycles. The zero-order valence-corrected chi connectivity index (χ0v) is 18.9. The first-order valence-corrected chi connectivity index (χ1v) is 10.7. The predicted octanol–water partition coefficient (Wildman–Crippen LogP) is 4.53. The number of benzene rings is 2. The molecule has 0 radical (unpaired) electrons. The van der Waals surface area contributed by atoms with E-state index >= 15 is 0 Å². The molecule has 1 atom stereocenters. The van der Waals surface area contributed by atoms with Crippen molar-refractivity contribution in [2.75, 3.05) is 26.3 Å². The molecule has 0 aromatic heterocycles. The molecule has 0 heterocycles. The first kappa shape index (κ1) is 26.1. The summed E-state index contributed by atoms with van der Waals surface area (Å²) < 4.78 is 42.5. The normalized spacial score (nSPS) is 11.8. The van der Waals surface area contributed by atoms with E-state index in [-0.39, 0.29) is 31.2 Å². The number of amides is 1. The molecule has 0 aliphatic heterocycles. The third-order valence-corrected chi connectivity index (χ3v) is 4.56. The van der Waals surface area contributed by atoms with Gasteiger partial charge in [-0.3, -0.25) is 0 Å². The third-order valence-electron chi connectivity index (χ3n) is 4.56. The Kier molecular flexibility index (Phi) is 10.1. The Labute approximate surface area is 191 Å². The van der Waals surface area contributed by atoms with Gasteiger partial charge in [0.15, 0.2) is 17.7 Å². The highest BCUT2D eigenvalue weighted by molar-refractivity contribution is 5.72. The van der Waals surface area contributed by atoms with E-state index in [1.807, 2.05) is 13.8 Å². The average Bonchev–Trinajstić information content (AvgIpc) is 2.76. The molecule has 0 aliphatic rings. The molecule has 1 N–H and O–H groups in total. The number of hydrogen-bond acceptors (Lipinski definition) is 5.